The highest BCUT2D eigenvalue weighted by Crippen LogP contribution is 2.25. The number of amides is 1. The number of nitrogen functional groups attached to an aromatic ring is 1. The van der Waals surface area contributed by atoms with E-state index in [4.69, 9.17) is 16.1 Å². The Morgan fingerprint density at radius 2 is 1.82 bits per heavy atom. The number of imidazole rings is 1. The van der Waals surface area contributed by atoms with E-state index in [1.165, 1.54) is 17.0 Å². The van der Waals surface area contributed by atoms with Crippen LogP contribution in [-0.2, 0) is 17.9 Å². The van der Waals surface area contributed by atoms with E-state index < -0.39 is 11.8 Å². The third kappa shape index (κ3) is 5.90. The molecule has 9 nitrogen and oxygen atoms in total. The average Bonchev–Trinajstić information content (AvgIpc) is 3.26. The van der Waals surface area contributed by atoms with Crippen LogP contribution in [0.1, 0.15) is 46.2 Å². The Kier molecular flexibility index (Phi) is 7.94. The number of aryl methyl sites for hydroxylation is 3. The molecule has 0 atom stereocenters. The van der Waals surface area contributed by atoms with E-state index in [2.05, 4.69) is 5.32 Å². The number of carbonyl (C=O) groups is 2. The Hall–Kier alpha value is -4.73. The largest absolute Gasteiger partial charge is 0.481 e. The number of aliphatic carboxylic acids is 1. The van der Waals surface area contributed by atoms with Crippen LogP contribution in [-0.4, -0.2) is 38.9 Å². The van der Waals surface area contributed by atoms with Crippen LogP contribution < -0.4 is 16.0 Å². The second-order valence-electron chi connectivity index (χ2n) is 9.31. The zero-order valence-corrected chi connectivity index (χ0v) is 22.1. The minimum absolute atomic E-state index is 0.0290. The highest BCUT2D eigenvalue weighted by Gasteiger charge is 2.21. The van der Waals surface area contributed by atoms with Gasteiger partial charge in [-0.05, 0) is 80.4 Å². The third-order valence-corrected chi connectivity index (χ3v) is 6.70. The lowest BCUT2D eigenvalue weighted by atomic mass is 10.1. The Bertz CT molecular complexity index is 1580. The van der Waals surface area contributed by atoms with E-state index in [0.29, 0.717) is 34.7 Å². The van der Waals surface area contributed by atoms with E-state index in [0.717, 1.165) is 16.6 Å². The number of aromatic nitrogens is 2. The summed E-state index contributed by atoms with van der Waals surface area (Å²) in [5, 5.41) is 19.8. The van der Waals surface area contributed by atoms with Crippen molar-refractivity contribution >= 4 is 40.1 Å². The molecule has 0 saturated heterocycles. The van der Waals surface area contributed by atoms with Gasteiger partial charge in [0, 0.05) is 29.9 Å². The maximum absolute atomic E-state index is 14.5. The van der Waals surface area contributed by atoms with Crippen LogP contribution in [0.3, 0.4) is 0 Å². The second kappa shape index (κ2) is 11.3. The van der Waals surface area contributed by atoms with Gasteiger partial charge in [-0.3, -0.25) is 15.0 Å². The first-order chi connectivity index (χ1) is 18.6. The van der Waals surface area contributed by atoms with Crippen LogP contribution in [0, 0.1) is 25.1 Å². The maximum atomic E-state index is 14.5. The number of carbonyl (C=O) groups excluding carboxylic acids is 1. The molecule has 0 unspecified atom stereocenters. The first kappa shape index (κ1) is 27.3. The molecule has 4 rings (SSSR count). The van der Waals surface area contributed by atoms with Gasteiger partial charge in [-0.1, -0.05) is 6.07 Å². The molecule has 0 spiro atoms. The number of rotatable bonds is 10. The summed E-state index contributed by atoms with van der Waals surface area (Å²) in [5.41, 5.74) is 10.5. The SMILES string of the molecule is CCn1c(CNc2ccc(C(=N)N)cc2F)nc2cc(C(=O)N(CCC(=O)O)c3ccc(C)c(C)c3)ccc21. The van der Waals surface area contributed by atoms with E-state index in [9.17, 15) is 19.1 Å². The van der Waals surface area contributed by atoms with Gasteiger partial charge < -0.3 is 25.6 Å². The predicted octanol–water partition coefficient (Wildman–Crippen LogP) is 4.83. The molecule has 1 aromatic heterocycles. The molecule has 0 aliphatic carbocycles. The van der Waals surface area contributed by atoms with Gasteiger partial charge >= 0.3 is 5.97 Å². The molecule has 0 bridgehead atoms. The standard InChI is InChI=1S/C29H31FN6O3/c1-4-35-25-10-7-20(29(39)36(12-11-27(37)38)21-8-5-17(2)18(3)13-21)15-24(25)34-26(35)16-33-23-9-6-19(28(31)32)14-22(23)30/h5-10,13-15,33H,4,11-12,16H2,1-3H3,(H3,31,32)(H,37,38). The molecule has 5 N–H and O–H groups in total. The highest BCUT2D eigenvalue weighted by atomic mass is 19.1. The maximum Gasteiger partial charge on any atom is 0.305 e. The number of carboxylic acid groups (broad SMARTS) is 1. The van der Waals surface area contributed by atoms with Crippen molar-refractivity contribution in [1.29, 1.82) is 5.41 Å². The van der Waals surface area contributed by atoms with Gasteiger partial charge in [-0.25, -0.2) is 9.37 Å². The summed E-state index contributed by atoms with van der Waals surface area (Å²) in [6.07, 6.45) is -0.189. The van der Waals surface area contributed by atoms with E-state index in [1.54, 1.807) is 18.2 Å². The van der Waals surface area contributed by atoms with Gasteiger partial charge in [0.05, 0.1) is 29.7 Å². The van der Waals surface area contributed by atoms with Crippen LogP contribution in [0.2, 0.25) is 0 Å². The second-order valence-corrected chi connectivity index (χ2v) is 9.31. The third-order valence-electron chi connectivity index (χ3n) is 6.70. The smallest absolute Gasteiger partial charge is 0.305 e. The van der Waals surface area contributed by atoms with Crippen LogP contribution in [0.15, 0.2) is 54.6 Å². The van der Waals surface area contributed by atoms with Gasteiger partial charge in [0.2, 0.25) is 0 Å². The lowest BCUT2D eigenvalue weighted by Gasteiger charge is -2.23. The van der Waals surface area contributed by atoms with Crippen LogP contribution >= 0.6 is 0 Å². The molecule has 4 aromatic rings. The highest BCUT2D eigenvalue weighted by molar-refractivity contribution is 6.08. The van der Waals surface area contributed by atoms with Crippen molar-refractivity contribution in [3.8, 4) is 0 Å². The number of nitrogens with zero attached hydrogens (tertiary/aromatic N) is 3. The Morgan fingerprint density at radius 1 is 1.08 bits per heavy atom. The molecule has 202 valence electrons. The molecule has 0 aliphatic rings. The fourth-order valence-corrected chi connectivity index (χ4v) is 4.41. The first-order valence-electron chi connectivity index (χ1n) is 12.6. The van der Waals surface area contributed by atoms with Crippen LogP contribution in [0.4, 0.5) is 15.8 Å². The van der Waals surface area contributed by atoms with Crippen LogP contribution in [0.25, 0.3) is 11.0 Å². The molecule has 0 fully saturated rings. The Labute approximate surface area is 225 Å². The number of nitrogens with one attached hydrogen (secondary N) is 2. The van der Waals surface area contributed by atoms with E-state index in [1.807, 2.05) is 49.6 Å². The van der Waals surface area contributed by atoms with Crippen LogP contribution in [0.5, 0.6) is 0 Å². The quantitative estimate of drug-likeness (QED) is 0.171. The summed E-state index contributed by atoms with van der Waals surface area (Å²) in [5.74, 6) is -1.39. The van der Waals surface area contributed by atoms with E-state index in [-0.39, 0.29) is 36.9 Å². The van der Waals surface area contributed by atoms with E-state index >= 15 is 0 Å². The normalized spacial score (nSPS) is 11.0. The van der Waals surface area contributed by atoms with Gasteiger partial charge in [-0.2, -0.15) is 0 Å². The number of hydrogen-bond acceptors (Lipinski definition) is 5. The molecule has 1 heterocycles. The molecular formula is C29H31FN6O3. The van der Waals surface area contributed by atoms with Crippen molar-refractivity contribution in [2.24, 2.45) is 5.73 Å². The zero-order valence-electron chi connectivity index (χ0n) is 22.1. The number of nitrogens with two attached hydrogens (primary N) is 1. The number of anilines is 2. The summed E-state index contributed by atoms with van der Waals surface area (Å²) >= 11 is 0. The van der Waals surface area contributed by atoms with Crippen molar-refractivity contribution in [2.75, 3.05) is 16.8 Å². The molecule has 39 heavy (non-hydrogen) atoms. The van der Waals surface area contributed by atoms with Crippen molar-refractivity contribution in [1.82, 2.24) is 9.55 Å². The van der Waals surface area contributed by atoms with Gasteiger partial charge in [0.1, 0.15) is 17.5 Å². The monoisotopic (exact) mass is 530 g/mol. The summed E-state index contributed by atoms with van der Waals surface area (Å²) in [7, 11) is 0. The number of fused-ring (bicyclic) bond motifs is 1. The lowest BCUT2D eigenvalue weighted by molar-refractivity contribution is -0.136. The molecule has 1 amide bonds. The summed E-state index contributed by atoms with van der Waals surface area (Å²) in [6.45, 7) is 6.76. The average molecular weight is 531 g/mol. The van der Waals surface area contributed by atoms with Crippen molar-refractivity contribution in [2.45, 2.75) is 40.3 Å². The number of hydrogen-bond donors (Lipinski definition) is 4. The Morgan fingerprint density at radius 3 is 2.46 bits per heavy atom. The van der Waals surface area contributed by atoms with Crippen molar-refractivity contribution in [3.63, 3.8) is 0 Å². The molecule has 0 aliphatic heterocycles. The fourth-order valence-electron chi connectivity index (χ4n) is 4.41. The molecule has 3 aromatic carbocycles. The molecular weight excluding hydrogens is 499 g/mol. The molecule has 10 heteroatoms. The van der Waals surface area contributed by atoms with Gasteiger partial charge in [0.25, 0.3) is 5.91 Å². The zero-order chi connectivity index (χ0) is 28.3. The summed E-state index contributed by atoms with van der Waals surface area (Å²) in [6, 6.07) is 15.1. The predicted molar refractivity (Wildman–Crippen MR) is 150 cm³/mol. The number of halogens is 1. The first-order valence-corrected chi connectivity index (χ1v) is 12.6. The van der Waals surface area contributed by atoms with Gasteiger partial charge in [0.15, 0.2) is 0 Å². The summed E-state index contributed by atoms with van der Waals surface area (Å²) < 4.78 is 16.5. The number of carboxylic acids is 1. The van der Waals surface area contributed by atoms with Crippen molar-refractivity contribution < 1.29 is 19.1 Å². The number of benzene rings is 3. The number of amidine groups is 1. The topological polar surface area (TPSA) is 137 Å². The lowest BCUT2D eigenvalue weighted by Crippen LogP contribution is -2.33. The minimum atomic E-state index is -0.988. The molecule has 0 saturated carbocycles. The minimum Gasteiger partial charge on any atom is -0.481 e. The summed E-state index contributed by atoms with van der Waals surface area (Å²) in [4.78, 5) is 31.1. The van der Waals surface area contributed by atoms with Crippen molar-refractivity contribution in [3.05, 3.63) is 88.5 Å². The van der Waals surface area contributed by atoms with Gasteiger partial charge in [-0.15, -0.1) is 0 Å². The molecule has 0 radical (unpaired) electrons. The Balaban J connectivity index is 1.63. The fraction of sp³-hybridized carbons (Fsp3) is 0.241.